The summed E-state index contributed by atoms with van der Waals surface area (Å²) in [5.41, 5.74) is 0. The Morgan fingerprint density at radius 2 is 1.31 bits per heavy atom. The van der Waals surface area contributed by atoms with Gasteiger partial charge in [-0.25, -0.2) is 0 Å². The lowest BCUT2D eigenvalue weighted by molar-refractivity contribution is -0.910. The molecule has 0 atom stereocenters. The van der Waals surface area contributed by atoms with Crippen molar-refractivity contribution in [3.63, 3.8) is 0 Å². The maximum Gasteiger partial charge on any atom is 0.102 e. The molecule has 0 amide bonds. The third kappa shape index (κ3) is 7.22. The van der Waals surface area contributed by atoms with Gasteiger partial charge in [0.15, 0.2) is 0 Å². The van der Waals surface area contributed by atoms with E-state index in [1.807, 2.05) is 7.05 Å². The van der Waals surface area contributed by atoms with Crippen molar-refractivity contribution in [3.8, 4) is 0 Å². The lowest BCUT2D eigenvalue weighted by Crippen LogP contribution is -3.00. The Balaban J connectivity index is 0. The monoisotopic (exact) mass is 213 g/mol. The van der Waals surface area contributed by atoms with E-state index in [1.165, 1.54) is 0 Å². The van der Waals surface area contributed by atoms with E-state index in [0.29, 0.717) is 17.6 Å². The number of hydrogen-bond acceptors (Lipinski definition) is 3. The first-order valence-corrected chi connectivity index (χ1v) is 4.34. The molecule has 0 saturated carbocycles. The Morgan fingerprint density at radius 1 is 0.846 bits per heavy atom. The molecule has 0 heterocycles. The van der Waals surface area contributed by atoms with Crippen molar-refractivity contribution in [3.05, 3.63) is 0 Å². The summed E-state index contributed by atoms with van der Waals surface area (Å²) in [4.78, 5) is 0. The number of halogens is 1. The highest BCUT2D eigenvalue weighted by molar-refractivity contribution is 4.40. The number of aliphatic hydroxyl groups is 3. The smallest absolute Gasteiger partial charge is 0.102 e. The Hall–Kier alpha value is 0.130. The minimum absolute atomic E-state index is 0. The summed E-state index contributed by atoms with van der Waals surface area (Å²) in [5, 5.41) is 26.2. The van der Waals surface area contributed by atoms with Crippen molar-refractivity contribution in [1.82, 2.24) is 0 Å². The first-order valence-electron chi connectivity index (χ1n) is 4.34. The molecular formula is C8H20ClNO3. The van der Waals surface area contributed by atoms with Crippen molar-refractivity contribution >= 4 is 0 Å². The molecule has 0 aliphatic rings. The fourth-order valence-corrected chi connectivity index (χ4v) is 1.27. The zero-order chi connectivity index (χ0) is 9.45. The van der Waals surface area contributed by atoms with E-state index in [0.717, 1.165) is 13.0 Å². The van der Waals surface area contributed by atoms with Crippen LogP contribution in [-0.2, 0) is 0 Å². The van der Waals surface area contributed by atoms with E-state index in [1.54, 1.807) is 0 Å². The van der Waals surface area contributed by atoms with Gasteiger partial charge in [0.2, 0.25) is 0 Å². The molecule has 3 N–H and O–H groups in total. The van der Waals surface area contributed by atoms with Crippen LogP contribution in [0.5, 0.6) is 0 Å². The summed E-state index contributed by atoms with van der Waals surface area (Å²) in [7, 11) is 1.97. The predicted molar refractivity (Wildman–Crippen MR) is 46.7 cm³/mol. The van der Waals surface area contributed by atoms with E-state index in [9.17, 15) is 0 Å². The summed E-state index contributed by atoms with van der Waals surface area (Å²) in [6.45, 7) is 2.51. The maximum absolute atomic E-state index is 8.77. The van der Waals surface area contributed by atoms with Gasteiger partial charge in [0, 0.05) is 13.0 Å². The highest BCUT2D eigenvalue weighted by atomic mass is 35.5. The fraction of sp³-hybridized carbons (Fsp3) is 1.00. The number of likely N-dealkylation sites (N-methyl/N-ethyl adjacent to an activating group) is 1. The van der Waals surface area contributed by atoms with E-state index < -0.39 is 0 Å². The Labute approximate surface area is 85.8 Å². The Bertz CT molecular complexity index is 108. The van der Waals surface area contributed by atoms with E-state index in [2.05, 4.69) is 0 Å². The molecule has 13 heavy (non-hydrogen) atoms. The van der Waals surface area contributed by atoms with Gasteiger partial charge in [0.1, 0.15) is 13.1 Å². The van der Waals surface area contributed by atoms with Crippen LogP contribution in [0.2, 0.25) is 0 Å². The quantitative estimate of drug-likeness (QED) is 0.376. The topological polar surface area (TPSA) is 60.7 Å². The normalized spacial score (nSPS) is 11.1. The first kappa shape index (κ1) is 15.6. The van der Waals surface area contributed by atoms with Gasteiger partial charge in [0.05, 0.1) is 26.8 Å². The lowest BCUT2D eigenvalue weighted by atomic mass is 10.3. The van der Waals surface area contributed by atoms with Crippen LogP contribution in [0.1, 0.15) is 6.42 Å². The van der Waals surface area contributed by atoms with E-state index in [4.69, 9.17) is 15.3 Å². The average Bonchev–Trinajstić information content (AvgIpc) is 2.02. The molecule has 0 radical (unpaired) electrons. The number of quaternary nitrogens is 1. The molecule has 4 nitrogen and oxygen atoms in total. The maximum atomic E-state index is 8.77. The molecule has 5 heteroatoms. The zero-order valence-electron chi connectivity index (χ0n) is 8.12. The third-order valence-electron chi connectivity index (χ3n) is 2.14. The summed E-state index contributed by atoms with van der Waals surface area (Å²) in [6, 6.07) is 0. The van der Waals surface area contributed by atoms with Gasteiger partial charge in [-0.3, -0.25) is 0 Å². The van der Waals surface area contributed by atoms with Gasteiger partial charge < -0.3 is 32.2 Å². The fourth-order valence-electron chi connectivity index (χ4n) is 1.27. The summed E-state index contributed by atoms with van der Waals surface area (Å²) < 4.78 is 0.633. The molecule has 0 bridgehead atoms. The molecular weight excluding hydrogens is 194 g/mol. The van der Waals surface area contributed by atoms with Gasteiger partial charge in [0.25, 0.3) is 0 Å². The molecule has 0 spiro atoms. The first-order chi connectivity index (χ1) is 5.68. The third-order valence-corrected chi connectivity index (χ3v) is 2.14. The standard InChI is InChI=1S/C8H20NO3.ClH/c1-9(4-7-11,5-8-12)3-2-6-10;/h10-12H,2-8H2,1H3;1H/q+1;/p-1. The zero-order valence-corrected chi connectivity index (χ0v) is 8.87. The van der Waals surface area contributed by atoms with Gasteiger partial charge in [-0.2, -0.15) is 0 Å². The molecule has 0 aromatic heterocycles. The number of nitrogens with zero attached hydrogens (tertiary/aromatic N) is 1. The molecule has 0 fully saturated rings. The average molecular weight is 214 g/mol. The lowest BCUT2D eigenvalue weighted by Gasteiger charge is -2.33. The summed E-state index contributed by atoms with van der Waals surface area (Å²) >= 11 is 0. The van der Waals surface area contributed by atoms with Crippen molar-refractivity contribution < 1.29 is 32.2 Å². The van der Waals surface area contributed by atoms with Crippen LogP contribution in [-0.4, -0.2) is 66.3 Å². The van der Waals surface area contributed by atoms with Crippen molar-refractivity contribution in [2.24, 2.45) is 0 Å². The number of rotatable bonds is 7. The van der Waals surface area contributed by atoms with Crippen molar-refractivity contribution in [2.75, 3.05) is 46.5 Å². The van der Waals surface area contributed by atoms with Crippen LogP contribution < -0.4 is 12.4 Å². The second-order valence-corrected chi connectivity index (χ2v) is 3.31. The van der Waals surface area contributed by atoms with E-state index >= 15 is 0 Å². The van der Waals surface area contributed by atoms with E-state index in [-0.39, 0.29) is 32.2 Å². The molecule has 0 aromatic rings. The van der Waals surface area contributed by atoms with Crippen LogP contribution in [0.4, 0.5) is 0 Å². The van der Waals surface area contributed by atoms with Crippen LogP contribution >= 0.6 is 0 Å². The van der Waals surface area contributed by atoms with Crippen molar-refractivity contribution in [2.45, 2.75) is 6.42 Å². The van der Waals surface area contributed by atoms with Crippen LogP contribution in [0, 0.1) is 0 Å². The number of hydrogen-bond donors (Lipinski definition) is 3. The second kappa shape index (κ2) is 8.72. The highest BCUT2D eigenvalue weighted by Crippen LogP contribution is 2.02. The molecule has 82 valence electrons. The Morgan fingerprint density at radius 3 is 1.62 bits per heavy atom. The highest BCUT2D eigenvalue weighted by Gasteiger charge is 2.18. The molecule has 0 saturated heterocycles. The molecule has 0 unspecified atom stereocenters. The minimum Gasteiger partial charge on any atom is -1.00 e. The largest absolute Gasteiger partial charge is 1.00 e. The van der Waals surface area contributed by atoms with Crippen LogP contribution in [0.25, 0.3) is 0 Å². The summed E-state index contributed by atoms with van der Waals surface area (Å²) in [6.07, 6.45) is 0.719. The van der Waals surface area contributed by atoms with Gasteiger partial charge in [-0.05, 0) is 0 Å². The predicted octanol–water partition coefficient (Wildman–Crippen LogP) is -4.20. The molecule has 0 aromatic carbocycles. The molecule has 0 rings (SSSR count). The second-order valence-electron chi connectivity index (χ2n) is 3.31. The van der Waals surface area contributed by atoms with Crippen LogP contribution in [0.15, 0.2) is 0 Å². The van der Waals surface area contributed by atoms with Crippen LogP contribution in [0.3, 0.4) is 0 Å². The SMILES string of the molecule is C[N+](CCO)(CCO)CCCO.[Cl-]. The van der Waals surface area contributed by atoms with Gasteiger partial charge >= 0.3 is 0 Å². The molecule has 0 aliphatic carbocycles. The Kier molecular flexibility index (Phi) is 10.5. The minimum atomic E-state index is 0. The summed E-state index contributed by atoms with van der Waals surface area (Å²) in [5.74, 6) is 0. The molecule has 0 aliphatic heterocycles. The number of aliphatic hydroxyl groups excluding tert-OH is 3. The van der Waals surface area contributed by atoms with Crippen molar-refractivity contribution in [1.29, 1.82) is 0 Å². The van der Waals surface area contributed by atoms with Gasteiger partial charge in [-0.15, -0.1) is 0 Å². The van der Waals surface area contributed by atoms with Gasteiger partial charge in [-0.1, -0.05) is 0 Å².